The van der Waals surface area contributed by atoms with Crippen LogP contribution >= 0.6 is 12.6 Å². The molecule has 0 aliphatic carbocycles. The third-order valence-corrected chi connectivity index (χ3v) is 4.92. The highest BCUT2D eigenvalue weighted by molar-refractivity contribution is 7.80. The normalized spacial score (nSPS) is 14.5. The Morgan fingerprint density at radius 1 is 1.14 bits per heavy atom. The lowest BCUT2D eigenvalue weighted by molar-refractivity contribution is -0.141. The molecule has 28 heavy (non-hydrogen) atoms. The summed E-state index contributed by atoms with van der Waals surface area (Å²) in [5, 5.41) is 15.2. The number of benzene rings is 1. The average Bonchev–Trinajstić information content (AvgIpc) is 3.07. The van der Waals surface area contributed by atoms with Gasteiger partial charge in [-0.05, 0) is 17.5 Å². The summed E-state index contributed by atoms with van der Waals surface area (Å²) in [6, 6.07) is 4.67. The molecular formula is C19H26N4O4S. The van der Waals surface area contributed by atoms with Crippen molar-refractivity contribution in [2.45, 2.75) is 38.4 Å². The molecule has 0 radical (unpaired) electrons. The van der Waals surface area contributed by atoms with Crippen molar-refractivity contribution in [2.75, 3.05) is 5.75 Å². The van der Waals surface area contributed by atoms with Crippen molar-refractivity contribution in [1.82, 2.24) is 15.6 Å². The van der Waals surface area contributed by atoms with E-state index in [0.29, 0.717) is 0 Å². The fourth-order valence-corrected chi connectivity index (χ4v) is 3.01. The monoisotopic (exact) mass is 406 g/mol. The molecule has 2 amide bonds. The summed E-state index contributed by atoms with van der Waals surface area (Å²) in [4.78, 5) is 39.5. The van der Waals surface area contributed by atoms with Gasteiger partial charge in [-0.3, -0.25) is 9.59 Å². The fraction of sp³-hybridized carbons (Fsp3) is 0.421. The van der Waals surface area contributed by atoms with Crippen molar-refractivity contribution >= 4 is 41.3 Å². The number of carbonyl (C=O) groups is 3. The number of H-pyrrole nitrogens is 1. The summed E-state index contributed by atoms with van der Waals surface area (Å²) in [5.41, 5.74) is 7.62. The van der Waals surface area contributed by atoms with Crippen LogP contribution in [0.1, 0.15) is 19.4 Å². The first kappa shape index (κ1) is 21.8. The number of hydrogen-bond donors (Lipinski definition) is 6. The highest BCUT2D eigenvalue weighted by atomic mass is 32.1. The van der Waals surface area contributed by atoms with E-state index in [1.165, 1.54) is 0 Å². The number of thiol groups is 1. The van der Waals surface area contributed by atoms with Crippen molar-refractivity contribution in [2.24, 2.45) is 11.7 Å². The topological polar surface area (TPSA) is 137 Å². The summed E-state index contributed by atoms with van der Waals surface area (Å²) in [6.07, 6.45) is 1.96. The Morgan fingerprint density at radius 3 is 2.39 bits per heavy atom. The molecule has 0 saturated heterocycles. The number of nitrogens with one attached hydrogen (secondary N) is 3. The number of rotatable bonds is 9. The summed E-state index contributed by atoms with van der Waals surface area (Å²) < 4.78 is 0. The highest BCUT2D eigenvalue weighted by Crippen LogP contribution is 2.19. The average molecular weight is 407 g/mol. The molecule has 152 valence electrons. The molecule has 0 aliphatic rings. The molecule has 0 saturated carbocycles. The van der Waals surface area contributed by atoms with Crippen LogP contribution in [0.3, 0.4) is 0 Å². The van der Waals surface area contributed by atoms with Gasteiger partial charge in [0.25, 0.3) is 0 Å². The van der Waals surface area contributed by atoms with Crippen LogP contribution < -0.4 is 16.4 Å². The number of amides is 2. The lowest BCUT2D eigenvalue weighted by Crippen LogP contribution is -2.56. The maximum absolute atomic E-state index is 12.7. The van der Waals surface area contributed by atoms with Crippen molar-refractivity contribution in [3.63, 3.8) is 0 Å². The largest absolute Gasteiger partial charge is 0.480 e. The highest BCUT2D eigenvalue weighted by Gasteiger charge is 2.29. The van der Waals surface area contributed by atoms with Crippen LogP contribution in [0.2, 0.25) is 0 Å². The zero-order valence-electron chi connectivity index (χ0n) is 15.8. The number of carboxylic acids is 1. The van der Waals surface area contributed by atoms with E-state index in [1.807, 2.05) is 24.3 Å². The SMILES string of the molecule is CC(C)[C@H](N)C(=O)N[C@@H](Cc1c[nH]c2ccccc12)C(=O)N[C@@H](CS)C(=O)O. The molecule has 2 aromatic rings. The number of aromatic amines is 1. The quantitative estimate of drug-likeness (QED) is 0.340. The van der Waals surface area contributed by atoms with E-state index in [4.69, 9.17) is 10.8 Å². The summed E-state index contributed by atoms with van der Waals surface area (Å²) in [5.74, 6) is -2.44. The number of hydrogen-bond acceptors (Lipinski definition) is 5. The Labute approximate surface area is 168 Å². The first-order chi connectivity index (χ1) is 13.2. The van der Waals surface area contributed by atoms with Crippen molar-refractivity contribution in [3.8, 4) is 0 Å². The molecular weight excluding hydrogens is 380 g/mol. The molecule has 1 aromatic heterocycles. The predicted molar refractivity (Wildman–Crippen MR) is 110 cm³/mol. The van der Waals surface area contributed by atoms with Gasteiger partial charge in [-0.15, -0.1) is 0 Å². The molecule has 0 aliphatic heterocycles. The Morgan fingerprint density at radius 2 is 1.79 bits per heavy atom. The van der Waals surface area contributed by atoms with Crippen molar-refractivity contribution < 1.29 is 19.5 Å². The molecule has 8 nitrogen and oxygen atoms in total. The van der Waals surface area contributed by atoms with E-state index in [9.17, 15) is 14.4 Å². The van der Waals surface area contributed by atoms with E-state index in [0.717, 1.165) is 16.5 Å². The number of nitrogens with two attached hydrogens (primary N) is 1. The molecule has 9 heteroatoms. The lowest BCUT2D eigenvalue weighted by Gasteiger charge is -2.23. The van der Waals surface area contributed by atoms with E-state index in [1.54, 1.807) is 20.0 Å². The van der Waals surface area contributed by atoms with E-state index >= 15 is 0 Å². The minimum absolute atomic E-state index is 0.0691. The molecule has 6 N–H and O–H groups in total. The third kappa shape index (κ3) is 5.26. The Hall–Kier alpha value is -2.52. The minimum Gasteiger partial charge on any atom is -0.480 e. The van der Waals surface area contributed by atoms with Gasteiger partial charge in [0.1, 0.15) is 12.1 Å². The van der Waals surface area contributed by atoms with Gasteiger partial charge >= 0.3 is 5.97 Å². The number of para-hydroxylation sites is 1. The number of aliphatic carboxylic acids is 1. The first-order valence-electron chi connectivity index (χ1n) is 8.99. The Kier molecular flexibility index (Phi) is 7.47. The van der Waals surface area contributed by atoms with Gasteiger partial charge in [-0.25, -0.2) is 4.79 Å². The predicted octanol–water partition coefficient (Wildman–Crippen LogP) is 0.678. The zero-order valence-corrected chi connectivity index (χ0v) is 16.7. The standard InChI is InChI=1S/C19H26N4O4S/c1-10(2)16(20)18(25)22-14(17(24)23-15(9-28)19(26)27)7-11-8-21-13-6-4-3-5-12(11)13/h3-6,8,10,14-16,21,28H,7,9,20H2,1-2H3,(H,22,25)(H,23,24)(H,26,27)/t14-,15-,16-/m0/s1. The zero-order chi connectivity index (χ0) is 20.8. The number of aromatic nitrogens is 1. The van der Waals surface area contributed by atoms with Crippen LogP contribution in [0, 0.1) is 5.92 Å². The molecule has 0 fully saturated rings. The fourth-order valence-electron chi connectivity index (χ4n) is 2.76. The van der Waals surface area contributed by atoms with Gasteiger partial charge in [0, 0.05) is 29.3 Å². The van der Waals surface area contributed by atoms with Gasteiger partial charge in [-0.2, -0.15) is 12.6 Å². The molecule has 1 heterocycles. The molecule has 0 spiro atoms. The molecule has 0 unspecified atom stereocenters. The van der Waals surface area contributed by atoms with Crippen LogP contribution in [0.15, 0.2) is 30.5 Å². The van der Waals surface area contributed by atoms with E-state index < -0.39 is 35.9 Å². The molecule has 0 bridgehead atoms. The van der Waals surface area contributed by atoms with Crippen LogP contribution in [0.4, 0.5) is 0 Å². The minimum atomic E-state index is -1.19. The Balaban J connectivity index is 2.25. The number of fused-ring (bicyclic) bond motifs is 1. The van der Waals surface area contributed by atoms with E-state index in [-0.39, 0.29) is 18.1 Å². The van der Waals surface area contributed by atoms with Crippen LogP contribution in [0.5, 0.6) is 0 Å². The third-order valence-electron chi connectivity index (χ3n) is 4.55. The second-order valence-electron chi connectivity index (χ2n) is 6.98. The number of carboxylic acid groups (broad SMARTS) is 1. The maximum Gasteiger partial charge on any atom is 0.327 e. The van der Waals surface area contributed by atoms with Gasteiger partial charge < -0.3 is 26.5 Å². The lowest BCUT2D eigenvalue weighted by atomic mass is 10.0. The van der Waals surface area contributed by atoms with Gasteiger partial charge in [0.15, 0.2) is 0 Å². The smallest absolute Gasteiger partial charge is 0.327 e. The van der Waals surface area contributed by atoms with Crippen LogP contribution in [-0.2, 0) is 20.8 Å². The van der Waals surface area contributed by atoms with Crippen molar-refractivity contribution in [1.29, 1.82) is 0 Å². The second-order valence-corrected chi connectivity index (χ2v) is 7.34. The van der Waals surface area contributed by atoms with Crippen LogP contribution in [-0.4, -0.2) is 51.8 Å². The van der Waals surface area contributed by atoms with Gasteiger partial charge in [-0.1, -0.05) is 32.0 Å². The second kappa shape index (κ2) is 9.61. The summed E-state index contributed by atoms with van der Waals surface area (Å²) >= 11 is 3.96. The molecule has 1 aromatic carbocycles. The van der Waals surface area contributed by atoms with Gasteiger partial charge in [0.2, 0.25) is 11.8 Å². The number of carbonyl (C=O) groups excluding carboxylic acids is 2. The first-order valence-corrected chi connectivity index (χ1v) is 9.62. The summed E-state index contributed by atoms with van der Waals surface area (Å²) in [7, 11) is 0. The maximum atomic E-state index is 12.7. The van der Waals surface area contributed by atoms with Crippen LogP contribution in [0.25, 0.3) is 10.9 Å². The molecule has 2 rings (SSSR count). The summed E-state index contributed by atoms with van der Waals surface area (Å²) in [6.45, 7) is 3.61. The van der Waals surface area contributed by atoms with Gasteiger partial charge in [0.05, 0.1) is 6.04 Å². The Bertz CT molecular complexity index is 851. The van der Waals surface area contributed by atoms with Crippen molar-refractivity contribution in [3.05, 3.63) is 36.0 Å². The van der Waals surface area contributed by atoms with E-state index in [2.05, 4.69) is 28.2 Å². The molecule has 3 atom stereocenters.